The van der Waals surface area contributed by atoms with Crippen LogP contribution in [0.1, 0.15) is 45.4 Å². The fraction of sp³-hybridized carbons (Fsp3) is 0.857. The number of carbonyl (C=O) groups is 2. The highest BCUT2D eigenvalue weighted by molar-refractivity contribution is 8.00. The summed E-state index contributed by atoms with van der Waals surface area (Å²) in [5, 5.41) is 15.1. The minimum atomic E-state index is -1.09. The third kappa shape index (κ3) is 3.40. The van der Waals surface area contributed by atoms with Gasteiger partial charge in [-0.2, -0.15) is 11.8 Å². The predicted octanol–water partition coefficient (Wildman–Crippen LogP) is 2.21. The minimum Gasteiger partial charge on any atom is -0.480 e. The Bertz CT molecular complexity index is 398. The van der Waals surface area contributed by atoms with Gasteiger partial charge in [-0.05, 0) is 37.9 Å². The van der Waals surface area contributed by atoms with E-state index in [-0.39, 0.29) is 10.8 Å². The molecule has 2 aliphatic carbocycles. The molecular formula is C14H24N2O3S. The quantitative estimate of drug-likeness (QED) is 0.727. The lowest BCUT2D eigenvalue weighted by molar-refractivity contribution is -0.146. The van der Waals surface area contributed by atoms with E-state index in [9.17, 15) is 14.7 Å². The summed E-state index contributed by atoms with van der Waals surface area (Å²) in [6.07, 6.45) is 7.22. The van der Waals surface area contributed by atoms with Crippen molar-refractivity contribution in [2.75, 3.05) is 12.8 Å². The van der Waals surface area contributed by atoms with Crippen molar-refractivity contribution in [2.24, 2.45) is 5.92 Å². The fourth-order valence-corrected chi connectivity index (χ4v) is 3.73. The van der Waals surface area contributed by atoms with Gasteiger partial charge in [-0.1, -0.05) is 19.8 Å². The molecule has 0 heterocycles. The van der Waals surface area contributed by atoms with E-state index >= 15 is 0 Å². The van der Waals surface area contributed by atoms with Crippen molar-refractivity contribution in [1.29, 1.82) is 0 Å². The van der Waals surface area contributed by atoms with Gasteiger partial charge in [0.1, 0.15) is 5.54 Å². The second-order valence-corrected chi connectivity index (χ2v) is 7.56. The first-order chi connectivity index (χ1) is 9.41. The van der Waals surface area contributed by atoms with E-state index in [0.717, 1.165) is 25.7 Å². The maximum atomic E-state index is 12.0. The topological polar surface area (TPSA) is 78.4 Å². The normalized spacial score (nSPS) is 31.4. The average Bonchev–Trinajstić information content (AvgIpc) is 3.17. The standard InChI is InChI=1S/C14H24N2O3S/c1-10-4-3-5-14(8-10,11(17)18)16-12(19)15-9-13(20-2)6-7-13/h10H,3-9H2,1-2H3,(H,17,18)(H2,15,16,19). The molecule has 2 rings (SSSR count). The van der Waals surface area contributed by atoms with Gasteiger partial charge in [-0.3, -0.25) is 0 Å². The van der Waals surface area contributed by atoms with Crippen molar-refractivity contribution in [2.45, 2.75) is 55.7 Å². The summed E-state index contributed by atoms with van der Waals surface area (Å²) in [5.74, 6) is -0.577. The zero-order valence-corrected chi connectivity index (χ0v) is 13.0. The number of hydrogen-bond acceptors (Lipinski definition) is 3. The summed E-state index contributed by atoms with van der Waals surface area (Å²) in [4.78, 5) is 23.6. The Labute approximate surface area is 124 Å². The van der Waals surface area contributed by atoms with Gasteiger partial charge < -0.3 is 15.7 Å². The van der Waals surface area contributed by atoms with E-state index in [1.807, 2.05) is 13.2 Å². The molecule has 0 bridgehead atoms. The molecule has 3 N–H and O–H groups in total. The number of hydrogen-bond donors (Lipinski definition) is 3. The molecule has 114 valence electrons. The second kappa shape index (κ2) is 5.84. The molecule has 20 heavy (non-hydrogen) atoms. The van der Waals surface area contributed by atoms with Gasteiger partial charge in [0.2, 0.25) is 0 Å². The first-order valence-corrected chi connectivity index (χ1v) is 8.48. The van der Waals surface area contributed by atoms with Gasteiger partial charge >= 0.3 is 12.0 Å². The number of nitrogens with one attached hydrogen (secondary N) is 2. The lowest BCUT2D eigenvalue weighted by Gasteiger charge is -2.37. The summed E-state index contributed by atoms with van der Waals surface area (Å²) in [6.45, 7) is 2.66. The molecule has 2 saturated carbocycles. The Morgan fingerprint density at radius 3 is 2.55 bits per heavy atom. The number of carbonyl (C=O) groups excluding carboxylic acids is 1. The van der Waals surface area contributed by atoms with Gasteiger partial charge in [0.15, 0.2) is 0 Å². The van der Waals surface area contributed by atoms with Crippen LogP contribution < -0.4 is 10.6 Å². The summed E-state index contributed by atoms with van der Waals surface area (Å²) >= 11 is 1.77. The van der Waals surface area contributed by atoms with Crippen molar-refractivity contribution in [3.05, 3.63) is 0 Å². The number of carboxylic acid groups (broad SMARTS) is 1. The third-order valence-corrected chi connectivity index (χ3v) is 5.99. The highest BCUT2D eigenvalue weighted by Gasteiger charge is 2.45. The number of urea groups is 1. The maximum Gasteiger partial charge on any atom is 0.329 e. The predicted molar refractivity (Wildman–Crippen MR) is 80.0 cm³/mol. The van der Waals surface area contributed by atoms with Gasteiger partial charge in [0.05, 0.1) is 0 Å². The van der Waals surface area contributed by atoms with Crippen molar-refractivity contribution in [3.8, 4) is 0 Å². The molecule has 0 spiro atoms. The Hall–Kier alpha value is -0.910. The highest BCUT2D eigenvalue weighted by atomic mass is 32.2. The van der Waals surface area contributed by atoms with E-state index in [0.29, 0.717) is 25.3 Å². The first-order valence-electron chi connectivity index (χ1n) is 7.26. The lowest BCUT2D eigenvalue weighted by Crippen LogP contribution is -2.59. The number of carboxylic acids is 1. The number of thioether (sulfide) groups is 1. The van der Waals surface area contributed by atoms with Crippen molar-refractivity contribution < 1.29 is 14.7 Å². The van der Waals surface area contributed by atoms with E-state index in [4.69, 9.17) is 0 Å². The van der Waals surface area contributed by atoms with Gasteiger partial charge in [-0.25, -0.2) is 9.59 Å². The molecule has 0 saturated heterocycles. The monoisotopic (exact) mass is 300 g/mol. The van der Waals surface area contributed by atoms with Crippen molar-refractivity contribution in [3.63, 3.8) is 0 Å². The number of aliphatic carboxylic acids is 1. The Kier molecular flexibility index (Phi) is 4.52. The van der Waals surface area contributed by atoms with E-state index in [2.05, 4.69) is 10.6 Å². The number of amides is 2. The van der Waals surface area contributed by atoms with E-state index in [1.54, 1.807) is 11.8 Å². The Balaban J connectivity index is 1.91. The summed E-state index contributed by atoms with van der Waals surface area (Å²) in [7, 11) is 0. The third-order valence-electron chi connectivity index (χ3n) is 4.57. The van der Waals surface area contributed by atoms with Crippen LogP contribution in [0.25, 0.3) is 0 Å². The van der Waals surface area contributed by atoms with Crippen molar-refractivity contribution >= 4 is 23.8 Å². The van der Waals surface area contributed by atoms with Crippen LogP contribution in [0, 0.1) is 5.92 Å². The van der Waals surface area contributed by atoms with Crippen LogP contribution in [0.15, 0.2) is 0 Å². The van der Waals surface area contributed by atoms with Gasteiger partial charge in [0, 0.05) is 11.3 Å². The zero-order chi connectivity index (χ0) is 14.8. The second-order valence-electron chi connectivity index (χ2n) is 6.28. The Morgan fingerprint density at radius 2 is 2.05 bits per heavy atom. The zero-order valence-electron chi connectivity index (χ0n) is 12.2. The molecular weight excluding hydrogens is 276 g/mol. The van der Waals surface area contributed by atoms with Crippen molar-refractivity contribution in [1.82, 2.24) is 10.6 Å². The van der Waals surface area contributed by atoms with Crippen LogP contribution in [-0.2, 0) is 4.79 Å². The largest absolute Gasteiger partial charge is 0.480 e. The molecule has 2 fully saturated rings. The summed E-state index contributed by atoms with van der Waals surface area (Å²) < 4.78 is 0.188. The molecule has 0 aromatic rings. The van der Waals surface area contributed by atoms with Gasteiger partial charge in [-0.15, -0.1) is 0 Å². The molecule has 5 nitrogen and oxygen atoms in total. The smallest absolute Gasteiger partial charge is 0.329 e. The minimum absolute atomic E-state index is 0.188. The molecule has 0 aliphatic heterocycles. The van der Waals surface area contributed by atoms with E-state index < -0.39 is 11.5 Å². The van der Waals surface area contributed by atoms with Crippen LogP contribution in [0.5, 0.6) is 0 Å². The number of rotatable bonds is 5. The van der Waals surface area contributed by atoms with Crippen LogP contribution >= 0.6 is 11.8 Å². The molecule has 2 amide bonds. The fourth-order valence-electron chi connectivity index (χ4n) is 3.01. The molecule has 0 aromatic carbocycles. The average molecular weight is 300 g/mol. The first kappa shape index (κ1) is 15.5. The molecule has 0 radical (unpaired) electrons. The SMILES string of the molecule is CSC1(CNC(=O)NC2(C(=O)O)CCCC(C)C2)CC1. The molecule has 2 atom stereocenters. The molecule has 0 aromatic heterocycles. The molecule has 6 heteroatoms. The highest BCUT2D eigenvalue weighted by Crippen LogP contribution is 2.46. The molecule has 2 aliphatic rings. The van der Waals surface area contributed by atoms with Crippen LogP contribution in [0.2, 0.25) is 0 Å². The van der Waals surface area contributed by atoms with Gasteiger partial charge in [0.25, 0.3) is 0 Å². The summed E-state index contributed by atoms with van der Waals surface area (Å²) in [6, 6.07) is -0.346. The van der Waals surface area contributed by atoms with Crippen LogP contribution in [-0.4, -0.2) is 40.2 Å². The lowest BCUT2D eigenvalue weighted by atomic mass is 9.76. The van der Waals surface area contributed by atoms with E-state index in [1.165, 1.54) is 0 Å². The van der Waals surface area contributed by atoms with Crippen LogP contribution in [0.3, 0.4) is 0 Å². The summed E-state index contributed by atoms with van der Waals surface area (Å²) in [5.41, 5.74) is -1.09. The van der Waals surface area contributed by atoms with Crippen LogP contribution in [0.4, 0.5) is 4.79 Å². The maximum absolute atomic E-state index is 12.0. The Morgan fingerprint density at radius 1 is 1.35 bits per heavy atom. The molecule has 2 unspecified atom stereocenters.